The molecule has 0 radical (unpaired) electrons. The average Bonchev–Trinajstić information content (AvgIpc) is 2.54. The first-order valence-corrected chi connectivity index (χ1v) is 7.02. The van der Waals surface area contributed by atoms with E-state index < -0.39 is 0 Å². The van der Waals surface area contributed by atoms with Gasteiger partial charge in [-0.05, 0) is 23.8 Å². The van der Waals surface area contributed by atoms with E-state index in [-0.39, 0.29) is 12.4 Å². The molecule has 0 fully saturated rings. The molecule has 0 aliphatic rings. The van der Waals surface area contributed by atoms with E-state index in [4.69, 9.17) is 16.2 Å². The Morgan fingerprint density at radius 3 is 2.22 bits per heavy atom. The van der Waals surface area contributed by atoms with E-state index in [1.54, 1.807) is 6.07 Å². The van der Waals surface area contributed by atoms with Gasteiger partial charge in [0.15, 0.2) is 0 Å². The minimum atomic E-state index is 0. The largest absolute Gasteiger partial charge is 0.488 e. The summed E-state index contributed by atoms with van der Waals surface area (Å²) in [4.78, 5) is 4.11. The van der Waals surface area contributed by atoms with Crippen LogP contribution < -0.4 is 16.2 Å². The maximum Gasteiger partial charge on any atom is 0.133 e. The Kier molecular flexibility index (Phi) is 5.44. The van der Waals surface area contributed by atoms with E-state index in [0.717, 1.165) is 22.4 Å². The van der Waals surface area contributed by atoms with E-state index in [2.05, 4.69) is 4.98 Å². The minimum Gasteiger partial charge on any atom is -0.488 e. The van der Waals surface area contributed by atoms with Crippen molar-refractivity contribution in [3.63, 3.8) is 0 Å². The molecule has 0 aliphatic carbocycles. The summed E-state index contributed by atoms with van der Waals surface area (Å²) in [5, 5.41) is 0. The summed E-state index contributed by atoms with van der Waals surface area (Å²) in [6.07, 6.45) is 0. The second kappa shape index (κ2) is 7.51. The van der Waals surface area contributed by atoms with Gasteiger partial charge in [0.05, 0.1) is 0 Å². The van der Waals surface area contributed by atoms with E-state index in [0.29, 0.717) is 18.2 Å². The van der Waals surface area contributed by atoms with E-state index in [9.17, 15) is 0 Å². The zero-order valence-corrected chi connectivity index (χ0v) is 13.3. The standard InChI is InChI=1S/C18H17N3O.ClH/c19-17-11-10-15(18(20)21-17)14-8-4-5-9-16(14)22-12-13-6-2-1-3-7-13;/h1-11H,12H2,(H4,19,20,21);1H. The quantitative estimate of drug-likeness (QED) is 0.761. The van der Waals surface area contributed by atoms with Crippen molar-refractivity contribution in [1.29, 1.82) is 0 Å². The van der Waals surface area contributed by atoms with Crippen LogP contribution in [-0.2, 0) is 6.61 Å². The Morgan fingerprint density at radius 2 is 1.48 bits per heavy atom. The Balaban J connectivity index is 0.00000192. The van der Waals surface area contributed by atoms with Crippen LogP contribution in [0.2, 0.25) is 0 Å². The third-order valence-corrected chi connectivity index (χ3v) is 3.36. The summed E-state index contributed by atoms with van der Waals surface area (Å²) < 4.78 is 5.95. The fourth-order valence-corrected chi connectivity index (χ4v) is 2.27. The number of hydrogen-bond donors (Lipinski definition) is 2. The van der Waals surface area contributed by atoms with Crippen molar-refractivity contribution in [2.24, 2.45) is 0 Å². The van der Waals surface area contributed by atoms with Gasteiger partial charge >= 0.3 is 0 Å². The lowest BCUT2D eigenvalue weighted by Gasteiger charge is -2.13. The molecule has 3 rings (SSSR count). The summed E-state index contributed by atoms with van der Waals surface area (Å²) >= 11 is 0. The number of nitrogens with two attached hydrogens (primary N) is 2. The molecule has 0 atom stereocenters. The SMILES string of the molecule is Cl.Nc1ccc(-c2ccccc2OCc2ccccc2)c(N)n1. The third kappa shape index (κ3) is 3.93. The van der Waals surface area contributed by atoms with Crippen molar-refractivity contribution in [3.8, 4) is 16.9 Å². The first kappa shape index (κ1) is 16.6. The van der Waals surface area contributed by atoms with Gasteiger partial charge in [-0.2, -0.15) is 0 Å². The highest BCUT2D eigenvalue weighted by atomic mass is 35.5. The van der Waals surface area contributed by atoms with E-state index in [1.807, 2.05) is 60.7 Å². The number of ether oxygens (including phenoxy) is 1. The second-order valence-corrected chi connectivity index (χ2v) is 4.94. The molecule has 4 nitrogen and oxygen atoms in total. The molecule has 0 spiro atoms. The van der Waals surface area contributed by atoms with Crippen molar-refractivity contribution in [3.05, 3.63) is 72.3 Å². The third-order valence-electron chi connectivity index (χ3n) is 3.36. The number of aromatic nitrogens is 1. The van der Waals surface area contributed by atoms with Crippen LogP contribution in [0.4, 0.5) is 11.6 Å². The molecule has 0 unspecified atom stereocenters. The highest BCUT2D eigenvalue weighted by Crippen LogP contribution is 2.33. The van der Waals surface area contributed by atoms with Crippen molar-refractivity contribution in [2.75, 3.05) is 11.5 Å². The maximum atomic E-state index is 5.98. The van der Waals surface area contributed by atoms with Gasteiger partial charge < -0.3 is 16.2 Å². The molecule has 0 bridgehead atoms. The summed E-state index contributed by atoms with van der Waals surface area (Å²) in [6, 6.07) is 21.4. The van der Waals surface area contributed by atoms with Crippen molar-refractivity contribution >= 4 is 24.0 Å². The lowest BCUT2D eigenvalue weighted by Crippen LogP contribution is -2.00. The van der Waals surface area contributed by atoms with Gasteiger partial charge in [-0.25, -0.2) is 4.98 Å². The molecular formula is C18H18ClN3O. The van der Waals surface area contributed by atoms with E-state index >= 15 is 0 Å². The Labute approximate surface area is 141 Å². The van der Waals surface area contributed by atoms with Crippen LogP contribution in [0, 0.1) is 0 Å². The normalized spacial score (nSPS) is 9.91. The van der Waals surface area contributed by atoms with Gasteiger partial charge in [-0.3, -0.25) is 0 Å². The first-order chi connectivity index (χ1) is 10.7. The molecule has 23 heavy (non-hydrogen) atoms. The zero-order valence-electron chi connectivity index (χ0n) is 12.5. The van der Waals surface area contributed by atoms with Crippen molar-refractivity contribution in [1.82, 2.24) is 4.98 Å². The number of halogens is 1. The monoisotopic (exact) mass is 327 g/mol. The molecule has 3 aromatic rings. The predicted octanol–water partition coefficient (Wildman–Crippen LogP) is 3.91. The van der Waals surface area contributed by atoms with Crippen molar-refractivity contribution < 1.29 is 4.74 Å². The number of anilines is 2. The fourth-order valence-electron chi connectivity index (χ4n) is 2.27. The van der Waals surface area contributed by atoms with Crippen LogP contribution in [0.5, 0.6) is 5.75 Å². The molecule has 1 heterocycles. The summed E-state index contributed by atoms with van der Waals surface area (Å²) in [5.74, 6) is 1.57. The Morgan fingerprint density at radius 1 is 0.783 bits per heavy atom. The molecule has 1 aromatic heterocycles. The molecule has 0 saturated heterocycles. The number of rotatable bonds is 4. The number of para-hydroxylation sites is 1. The molecule has 0 amide bonds. The zero-order chi connectivity index (χ0) is 15.4. The van der Waals surface area contributed by atoms with Gasteiger partial charge in [-0.1, -0.05) is 48.5 Å². The van der Waals surface area contributed by atoms with Crippen LogP contribution in [0.15, 0.2) is 66.7 Å². The molecule has 118 valence electrons. The summed E-state index contributed by atoms with van der Waals surface area (Å²) in [6.45, 7) is 0.500. The number of nitrogens with zero attached hydrogens (tertiary/aromatic N) is 1. The predicted molar refractivity (Wildman–Crippen MR) is 96.5 cm³/mol. The van der Waals surface area contributed by atoms with Crippen molar-refractivity contribution in [2.45, 2.75) is 6.61 Å². The molecular weight excluding hydrogens is 310 g/mol. The van der Waals surface area contributed by atoms with Gasteiger partial charge in [0.2, 0.25) is 0 Å². The second-order valence-electron chi connectivity index (χ2n) is 4.94. The number of hydrogen-bond acceptors (Lipinski definition) is 4. The smallest absolute Gasteiger partial charge is 0.133 e. The Bertz CT molecular complexity index is 778. The first-order valence-electron chi connectivity index (χ1n) is 7.02. The van der Waals surface area contributed by atoms with Crippen LogP contribution in [0.3, 0.4) is 0 Å². The van der Waals surface area contributed by atoms with Crippen LogP contribution in [0.25, 0.3) is 11.1 Å². The number of nitrogen functional groups attached to an aromatic ring is 2. The highest BCUT2D eigenvalue weighted by Gasteiger charge is 2.10. The van der Waals surface area contributed by atoms with Gasteiger partial charge in [0, 0.05) is 11.1 Å². The van der Waals surface area contributed by atoms with Gasteiger partial charge in [0.1, 0.15) is 24.0 Å². The minimum absolute atomic E-state index is 0. The topological polar surface area (TPSA) is 74.2 Å². The summed E-state index contributed by atoms with van der Waals surface area (Å²) in [7, 11) is 0. The van der Waals surface area contributed by atoms with E-state index in [1.165, 1.54) is 0 Å². The van der Waals surface area contributed by atoms with Crippen LogP contribution >= 0.6 is 12.4 Å². The van der Waals surface area contributed by atoms with Gasteiger partial charge in [0.25, 0.3) is 0 Å². The van der Waals surface area contributed by atoms with Gasteiger partial charge in [-0.15, -0.1) is 12.4 Å². The maximum absolute atomic E-state index is 5.98. The molecule has 0 aliphatic heterocycles. The number of benzene rings is 2. The molecule has 5 heteroatoms. The number of pyridine rings is 1. The summed E-state index contributed by atoms with van der Waals surface area (Å²) in [5.41, 5.74) is 14.5. The molecule has 0 saturated carbocycles. The Hall–Kier alpha value is -2.72. The van der Waals surface area contributed by atoms with Crippen LogP contribution in [0.1, 0.15) is 5.56 Å². The lowest BCUT2D eigenvalue weighted by atomic mass is 10.1. The molecule has 2 aromatic carbocycles. The average molecular weight is 328 g/mol. The molecule has 4 N–H and O–H groups in total. The highest BCUT2D eigenvalue weighted by molar-refractivity contribution is 5.85. The lowest BCUT2D eigenvalue weighted by molar-refractivity contribution is 0.307. The fraction of sp³-hybridized carbons (Fsp3) is 0.0556. The van der Waals surface area contributed by atoms with Crippen LogP contribution in [-0.4, -0.2) is 4.98 Å².